The van der Waals surface area contributed by atoms with Gasteiger partial charge in [0, 0.05) is 6.54 Å². The third-order valence-corrected chi connectivity index (χ3v) is 2.80. The van der Waals surface area contributed by atoms with E-state index in [1.54, 1.807) is 0 Å². The number of ether oxygens (including phenoxy) is 1. The fraction of sp³-hybridized carbons (Fsp3) is 0.889. The van der Waals surface area contributed by atoms with Crippen LogP contribution in [0.5, 0.6) is 0 Å². The molecular weight excluding hydrogens is 202 g/mol. The minimum Gasteiger partial charge on any atom is -0.469 e. The molecule has 5 heteroatoms. The van der Waals surface area contributed by atoms with Crippen molar-refractivity contribution in [3.63, 3.8) is 0 Å². The molecule has 0 aromatic carbocycles. The van der Waals surface area contributed by atoms with Crippen LogP contribution in [0.4, 0.5) is 0 Å². The molecule has 0 unspecified atom stereocenters. The number of hydrogen-bond acceptors (Lipinski definition) is 5. The number of methoxy groups -OCH3 is 1. The molecule has 1 saturated heterocycles. The molecule has 1 heterocycles. The molecule has 0 aromatic rings. The summed E-state index contributed by atoms with van der Waals surface area (Å²) >= 11 is 3.68. The van der Waals surface area contributed by atoms with Gasteiger partial charge >= 0.3 is 5.97 Å². The van der Waals surface area contributed by atoms with Gasteiger partial charge in [0.05, 0.1) is 19.6 Å². The molecule has 0 saturated carbocycles. The lowest BCUT2D eigenvalue weighted by molar-refractivity contribution is -0.147. The van der Waals surface area contributed by atoms with E-state index in [1.165, 1.54) is 7.11 Å². The number of hydrogen-bond donors (Lipinski definition) is 1. The van der Waals surface area contributed by atoms with Gasteiger partial charge in [-0.3, -0.25) is 4.79 Å². The van der Waals surface area contributed by atoms with E-state index >= 15 is 0 Å². The number of nitrogens with zero attached hydrogens (tertiary/aromatic N) is 1. The van der Waals surface area contributed by atoms with Crippen LogP contribution in [-0.4, -0.2) is 44.2 Å². The van der Waals surface area contributed by atoms with Crippen LogP contribution in [0, 0.1) is 5.92 Å². The highest BCUT2D eigenvalue weighted by atomic mass is 32.1. The van der Waals surface area contributed by atoms with Crippen molar-refractivity contribution in [3.05, 3.63) is 0 Å². The summed E-state index contributed by atoms with van der Waals surface area (Å²) in [6, 6.07) is 0. The molecule has 0 atom stereocenters. The van der Waals surface area contributed by atoms with Crippen molar-refractivity contribution in [1.29, 1.82) is 0 Å². The summed E-state index contributed by atoms with van der Waals surface area (Å²) in [5, 5.41) is 0. The van der Waals surface area contributed by atoms with E-state index in [2.05, 4.69) is 17.8 Å². The van der Waals surface area contributed by atoms with E-state index in [0.717, 1.165) is 32.5 Å². The van der Waals surface area contributed by atoms with Gasteiger partial charge in [0.25, 0.3) is 0 Å². The first-order chi connectivity index (χ1) is 6.77. The van der Waals surface area contributed by atoms with E-state index in [4.69, 9.17) is 8.92 Å². The van der Waals surface area contributed by atoms with Crippen LogP contribution in [0.3, 0.4) is 0 Å². The Labute approximate surface area is 90.2 Å². The van der Waals surface area contributed by atoms with Gasteiger partial charge in [-0.05, 0) is 38.8 Å². The Morgan fingerprint density at radius 3 is 2.64 bits per heavy atom. The van der Waals surface area contributed by atoms with Crippen LogP contribution in [0.1, 0.15) is 12.8 Å². The van der Waals surface area contributed by atoms with Crippen LogP contribution in [-0.2, 0) is 13.7 Å². The first-order valence-electron chi connectivity index (χ1n) is 4.84. The largest absolute Gasteiger partial charge is 0.469 e. The second-order valence-electron chi connectivity index (χ2n) is 3.47. The molecule has 0 N–H and O–H groups in total. The van der Waals surface area contributed by atoms with Gasteiger partial charge in [-0.25, -0.2) is 0 Å². The van der Waals surface area contributed by atoms with E-state index in [-0.39, 0.29) is 11.9 Å². The van der Waals surface area contributed by atoms with Crippen LogP contribution in [0.2, 0.25) is 0 Å². The standard InChI is InChI=1S/C9H17NO3S/c1-12-9(11)8-2-4-10(5-3-8)6-7-13-14/h8,14H,2-7H2,1H3. The molecular formula is C9H17NO3S. The van der Waals surface area contributed by atoms with Gasteiger partial charge in [-0.1, -0.05) is 0 Å². The first kappa shape index (κ1) is 11.8. The van der Waals surface area contributed by atoms with Gasteiger partial charge in [0.2, 0.25) is 0 Å². The summed E-state index contributed by atoms with van der Waals surface area (Å²) in [5.74, 6) is 0.0169. The summed E-state index contributed by atoms with van der Waals surface area (Å²) in [7, 11) is 1.45. The fourth-order valence-corrected chi connectivity index (χ4v) is 1.81. The van der Waals surface area contributed by atoms with Gasteiger partial charge in [0.15, 0.2) is 0 Å². The minimum atomic E-state index is -0.0740. The number of carbonyl (C=O) groups is 1. The maximum absolute atomic E-state index is 11.2. The van der Waals surface area contributed by atoms with Crippen LogP contribution in [0.15, 0.2) is 0 Å². The molecule has 0 bridgehead atoms. The van der Waals surface area contributed by atoms with Gasteiger partial charge in [-0.2, -0.15) is 0 Å². The Balaban J connectivity index is 2.20. The highest BCUT2D eigenvalue weighted by Crippen LogP contribution is 2.17. The molecule has 0 aliphatic carbocycles. The molecule has 14 heavy (non-hydrogen) atoms. The minimum absolute atomic E-state index is 0.0740. The van der Waals surface area contributed by atoms with E-state index in [1.807, 2.05) is 0 Å². The summed E-state index contributed by atoms with van der Waals surface area (Å²) in [6.07, 6.45) is 1.78. The fourth-order valence-electron chi connectivity index (χ4n) is 1.73. The zero-order valence-corrected chi connectivity index (χ0v) is 9.33. The molecule has 1 aliphatic heterocycles. The Hall–Kier alpha value is -0.260. The molecule has 0 radical (unpaired) electrons. The number of esters is 1. The van der Waals surface area contributed by atoms with Crippen LogP contribution < -0.4 is 0 Å². The van der Waals surface area contributed by atoms with Crippen molar-refractivity contribution in [2.45, 2.75) is 12.8 Å². The average Bonchev–Trinajstić information content (AvgIpc) is 2.26. The normalized spacial score (nSPS) is 19.6. The molecule has 0 spiro atoms. The Bertz CT molecular complexity index is 181. The molecule has 0 aromatic heterocycles. The van der Waals surface area contributed by atoms with Crippen molar-refractivity contribution in [1.82, 2.24) is 4.90 Å². The monoisotopic (exact) mass is 219 g/mol. The topological polar surface area (TPSA) is 38.8 Å². The predicted octanol–water partition coefficient (Wildman–Crippen LogP) is 0.733. The Kier molecular flexibility index (Phi) is 5.29. The molecule has 0 amide bonds. The highest BCUT2D eigenvalue weighted by Gasteiger charge is 2.24. The molecule has 1 aliphatic rings. The number of rotatable bonds is 4. The van der Waals surface area contributed by atoms with E-state index < -0.39 is 0 Å². The third-order valence-electron chi connectivity index (χ3n) is 2.62. The number of carbonyl (C=O) groups excluding carboxylic acids is 1. The molecule has 1 rings (SSSR count). The summed E-state index contributed by atoms with van der Waals surface area (Å²) in [6.45, 7) is 3.40. The maximum atomic E-state index is 11.2. The molecule has 82 valence electrons. The lowest BCUT2D eigenvalue weighted by atomic mass is 9.97. The van der Waals surface area contributed by atoms with Crippen molar-refractivity contribution in [3.8, 4) is 0 Å². The highest BCUT2D eigenvalue weighted by molar-refractivity contribution is 7.75. The van der Waals surface area contributed by atoms with Crippen molar-refractivity contribution < 1.29 is 13.7 Å². The van der Waals surface area contributed by atoms with Crippen molar-refractivity contribution in [2.24, 2.45) is 5.92 Å². The molecule has 1 fully saturated rings. The van der Waals surface area contributed by atoms with E-state index in [9.17, 15) is 4.79 Å². The Morgan fingerprint density at radius 1 is 1.50 bits per heavy atom. The summed E-state index contributed by atoms with van der Waals surface area (Å²) in [4.78, 5) is 13.5. The average molecular weight is 219 g/mol. The van der Waals surface area contributed by atoms with Gasteiger partial charge < -0.3 is 13.8 Å². The van der Waals surface area contributed by atoms with Crippen molar-refractivity contribution >= 4 is 18.9 Å². The Morgan fingerprint density at radius 2 is 2.14 bits per heavy atom. The smallest absolute Gasteiger partial charge is 0.308 e. The van der Waals surface area contributed by atoms with Gasteiger partial charge in [-0.15, -0.1) is 0 Å². The number of thiol groups is 1. The van der Waals surface area contributed by atoms with Crippen LogP contribution in [0.25, 0.3) is 0 Å². The van der Waals surface area contributed by atoms with E-state index in [0.29, 0.717) is 6.61 Å². The zero-order chi connectivity index (χ0) is 10.4. The van der Waals surface area contributed by atoms with Crippen molar-refractivity contribution in [2.75, 3.05) is 33.4 Å². The second-order valence-corrected chi connectivity index (χ2v) is 3.73. The zero-order valence-electron chi connectivity index (χ0n) is 8.44. The predicted molar refractivity (Wildman–Crippen MR) is 56.1 cm³/mol. The molecule has 4 nitrogen and oxygen atoms in total. The second kappa shape index (κ2) is 6.27. The lowest BCUT2D eigenvalue weighted by Crippen LogP contribution is -2.38. The number of likely N-dealkylation sites (tertiary alicyclic amines) is 1. The van der Waals surface area contributed by atoms with Gasteiger partial charge in [0.1, 0.15) is 0 Å². The quantitative estimate of drug-likeness (QED) is 0.430. The SMILES string of the molecule is COC(=O)C1CCN(CCOS)CC1. The number of piperidine rings is 1. The maximum Gasteiger partial charge on any atom is 0.308 e. The van der Waals surface area contributed by atoms with Crippen LogP contribution >= 0.6 is 12.9 Å². The lowest BCUT2D eigenvalue weighted by Gasteiger charge is -2.30. The third kappa shape index (κ3) is 3.48. The first-order valence-corrected chi connectivity index (χ1v) is 5.21. The summed E-state index contributed by atoms with van der Waals surface area (Å²) in [5.41, 5.74) is 0. The summed E-state index contributed by atoms with van der Waals surface area (Å²) < 4.78 is 9.41.